The van der Waals surface area contributed by atoms with Gasteiger partial charge in [-0.25, -0.2) is 14.4 Å². The third-order valence-corrected chi connectivity index (χ3v) is 5.93. The van der Waals surface area contributed by atoms with Crippen molar-refractivity contribution in [2.75, 3.05) is 0 Å². The zero-order valence-corrected chi connectivity index (χ0v) is 19.1. The topological polar surface area (TPSA) is 108 Å². The molecule has 1 atom stereocenters. The van der Waals surface area contributed by atoms with E-state index in [1.807, 2.05) is 24.3 Å². The molecule has 0 saturated heterocycles. The molecule has 1 aliphatic rings. The normalized spacial score (nSPS) is 15.7. The van der Waals surface area contributed by atoms with Crippen molar-refractivity contribution in [3.8, 4) is 11.6 Å². The number of aromatic amines is 1. The predicted molar refractivity (Wildman–Crippen MR) is 126 cm³/mol. The van der Waals surface area contributed by atoms with E-state index < -0.39 is 23.2 Å². The Morgan fingerprint density at radius 1 is 1.12 bits per heavy atom. The number of aromatic hydroxyl groups is 1. The molecule has 2 heterocycles. The molecule has 0 unspecified atom stereocenters. The van der Waals surface area contributed by atoms with Crippen LogP contribution in [0.15, 0.2) is 63.2 Å². The van der Waals surface area contributed by atoms with Crippen LogP contribution < -0.4 is 11.2 Å². The minimum Gasteiger partial charge on any atom is -0.493 e. The predicted octanol–water partition coefficient (Wildman–Crippen LogP) is 3.71. The van der Waals surface area contributed by atoms with Crippen LogP contribution in [0.4, 0.5) is 0 Å². The molecule has 3 aromatic rings. The van der Waals surface area contributed by atoms with Gasteiger partial charge in [-0.15, -0.1) is 0 Å². The number of nitrogens with zero attached hydrogens (tertiary/aromatic N) is 3. The second-order valence-electron chi connectivity index (χ2n) is 8.22. The first-order chi connectivity index (χ1) is 15.7. The number of carbonyl (C=O) groups is 1. The van der Waals surface area contributed by atoms with Crippen molar-refractivity contribution >= 4 is 23.2 Å². The Balaban J connectivity index is 1.79. The van der Waals surface area contributed by atoms with E-state index >= 15 is 0 Å². The highest BCUT2D eigenvalue weighted by Crippen LogP contribution is 2.34. The van der Waals surface area contributed by atoms with Gasteiger partial charge in [-0.2, -0.15) is 5.10 Å². The maximum Gasteiger partial charge on any atom is 0.335 e. The van der Waals surface area contributed by atoms with Gasteiger partial charge in [0.1, 0.15) is 5.56 Å². The quantitative estimate of drug-likeness (QED) is 0.611. The molecule has 0 aliphatic carbocycles. The fourth-order valence-corrected chi connectivity index (χ4v) is 4.06. The van der Waals surface area contributed by atoms with Gasteiger partial charge in [-0.1, -0.05) is 49.7 Å². The number of H-pyrrole nitrogens is 1. The van der Waals surface area contributed by atoms with E-state index in [-0.39, 0.29) is 23.6 Å². The van der Waals surface area contributed by atoms with E-state index in [1.165, 1.54) is 11.9 Å². The number of rotatable bonds is 4. The minimum atomic E-state index is -0.800. The van der Waals surface area contributed by atoms with E-state index in [0.29, 0.717) is 16.6 Å². The van der Waals surface area contributed by atoms with Crippen molar-refractivity contribution in [3.63, 3.8) is 0 Å². The third-order valence-electron chi connectivity index (χ3n) is 5.68. The van der Waals surface area contributed by atoms with Crippen molar-refractivity contribution in [1.82, 2.24) is 14.6 Å². The maximum atomic E-state index is 12.7. The van der Waals surface area contributed by atoms with Crippen LogP contribution in [-0.4, -0.2) is 31.3 Å². The van der Waals surface area contributed by atoms with Crippen molar-refractivity contribution in [2.45, 2.75) is 39.2 Å². The van der Waals surface area contributed by atoms with Crippen LogP contribution in [0.3, 0.4) is 0 Å². The molecular weight excluding hydrogens is 444 g/mol. The zero-order valence-electron chi connectivity index (χ0n) is 18.4. The fourth-order valence-electron chi connectivity index (χ4n) is 3.93. The Bertz CT molecular complexity index is 1360. The number of hydrogen-bond acceptors (Lipinski definition) is 5. The highest BCUT2D eigenvalue weighted by atomic mass is 35.5. The molecule has 2 aromatic carbocycles. The van der Waals surface area contributed by atoms with Gasteiger partial charge in [-0.3, -0.25) is 14.6 Å². The van der Waals surface area contributed by atoms with Gasteiger partial charge in [0.25, 0.3) is 5.56 Å². The monoisotopic (exact) mass is 466 g/mol. The maximum absolute atomic E-state index is 12.7. The lowest BCUT2D eigenvalue weighted by molar-refractivity contribution is -0.130. The number of carbonyl (C=O) groups excluding carboxylic acids is 1. The molecular formula is C24H23ClN4O4. The van der Waals surface area contributed by atoms with E-state index in [2.05, 4.69) is 23.9 Å². The fraction of sp³-hybridized carbons (Fsp3) is 0.250. The summed E-state index contributed by atoms with van der Waals surface area (Å²) in [5.41, 5.74) is 0.822. The summed E-state index contributed by atoms with van der Waals surface area (Å²) in [6, 6.07) is 13.7. The lowest BCUT2D eigenvalue weighted by Crippen LogP contribution is -2.33. The molecule has 0 fully saturated rings. The molecule has 0 radical (unpaired) electrons. The third kappa shape index (κ3) is 4.21. The molecule has 0 saturated carbocycles. The van der Waals surface area contributed by atoms with E-state index in [4.69, 9.17) is 11.6 Å². The number of benzene rings is 2. The summed E-state index contributed by atoms with van der Waals surface area (Å²) in [5, 5.41) is 17.1. The molecule has 1 aliphatic heterocycles. The van der Waals surface area contributed by atoms with Crippen molar-refractivity contribution in [1.29, 1.82) is 0 Å². The standard InChI is InChI=1S/C24H23ClN4O4/c1-13(2)15-4-6-16(7-5-15)20-12-19(27-29(20)14(3)30)21-22(31)26-24(33)28(23(21)32)18-10-8-17(25)9-11-18/h4-11,13,20,32H,12H2,1-3H3,(H,26,31,33)/t20-/m1/s1. The number of halogens is 1. The summed E-state index contributed by atoms with van der Waals surface area (Å²) < 4.78 is 0.971. The molecule has 4 rings (SSSR count). The lowest BCUT2D eigenvalue weighted by atomic mass is 9.96. The molecule has 2 N–H and O–H groups in total. The second-order valence-corrected chi connectivity index (χ2v) is 8.66. The number of amides is 1. The van der Waals surface area contributed by atoms with Gasteiger partial charge in [0.15, 0.2) is 0 Å². The van der Waals surface area contributed by atoms with Crippen LogP contribution in [-0.2, 0) is 4.79 Å². The summed E-state index contributed by atoms with van der Waals surface area (Å²) in [6.07, 6.45) is 0.204. The Hall–Kier alpha value is -3.65. The van der Waals surface area contributed by atoms with Crippen LogP contribution in [0.5, 0.6) is 5.88 Å². The van der Waals surface area contributed by atoms with Crippen LogP contribution in [0.2, 0.25) is 5.02 Å². The molecule has 1 amide bonds. The average molecular weight is 467 g/mol. The van der Waals surface area contributed by atoms with Crippen LogP contribution in [0, 0.1) is 0 Å². The summed E-state index contributed by atoms with van der Waals surface area (Å²) in [7, 11) is 0. The Labute approximate surface area is 194 Å². The smallest absolute Gasteiger partial charge is 0.335 e. The average Bonchev–Trinajstić information content (AvgIpc) is 3.20. The highest BCUT2D eigenvalue weighted by Gasteiger charge is 2.34. The minimum absolute atomic E-state index is 0.155. The molecule has 33 heavy (non-hydrogen) atoms. The zero-order chi connectivity index (χ0) is 23.9. The number of nitrogens with one attached hydrogen (secondary N) is 1. The van der Waals surface area contributed by atoms with E-state index in [9.17, 15) is 19.5 Å². The van der Waals surface area contributed by atoms with Crippen LogP contribution >= 0.6 is 11.6 Å². The van der Waals surface area contributed by atoms with Gasteiger partial charge in [-0.05, 0) is 41.3 Å². The molecule has 0 spiro atoms. The molecule has 8 nitrogen and oxygen atoms in total. The Kier molecular flexibility index (Phi) is 5.95. The van der Waals surface area contributed by atoms with Gasteiger partial charge < -0.3 is 5.11 Å². The number of hydrogen-bond donors (Lipinski definition) is 2. The highest BCUT2D eigenvalue weighted by molar-refractivity contribution is 6.30. The van der Waals surface area contributed by atoms with Gasteiger partial charge >= 0.3 is 5.69 Å². The molecule has 9 heteroatoms. The first-order valence-corrected chi connectivity index (χ1v) is 10.9. The van der Waals surface area contributed by atoms with Crippen LogP contribution in [0.1, 0.15) is 55.8 Å². The van der Waals surface area contributed by atoms with Crippen molar-refractivity contribution in [2.24, 2.45) is 5.10 Å². The van der Waals surface area contributed by atoms with Crippen molar-refractivity contribution < 1.29 is 9.90 Å². The van der Waals surface area contributed by atoms with Crippen LogP contribution in [0.25, 0.3) is 5.69 Å². The molecule has 170 valence electrons. The van der Waals surface area contributed by atoms with Gasteiger partial charge in [0.05, 0.1) is 17.4 Å². The summed E-state index contributed by atoms with van der Waals surface area (Å²) in [4.78, 5) is 39.7. The SMILES string of the molecule is CC(=O)N1N=C(c2c(O)n(-c3ccc(Cl)cc3)c(=O)[nH]c2=O)C[C@@H]1c1ccc(C(C)C)cc1. The van der Waals surface area contributed by atoms with Crippen molar-refractivity contribution in [3.05, 3.63) is 91.1 Å². The lowest BCUT2D eigenvalue weighted by Gasteiger charge is -2.21. The Morgan fingerprint density at radius 2 is 1.76 bits per heavy atom. The molecule has 0 bridgehead atoms. The number of hydrazone groups is 1. The largest absolute Gasteiger partial charge is 0.493 e. The van der Waals surface area contributed by atoms with E-state index in [1.54, 1.807) is 24.3 Å². The van der Waals surface area contributed by atoms with Gasteiger partial charge in [0.2, 0.25) is 11.8 Å². The first kappa shape index (κ1) is 22.5. The first-order valence-electron chi connectivity index (χ1n) is 10.5. The summed E-state index contributed by atoms with van der Waals surface area (Å²) in [6.45, 7) is 5.58. The second kappa shape index (κ2) is 8.71. The Morgan fingerprint density at radius 3 is 2.33 bits per heavy atom. The van der Waals surface area contributed by atoms with Gasteiger partial charge in [0, 0.05) is 18.4 Å². The summed E-state index contributed by atoms with van der Waals surface area (Å²) >= 11 is 5.92. The summed E-state index contributed by atoms with van der Waals surface area (Å²) in [5.74, 6) is -0.489. The van der Waals surface area contributed by atoms with E-state index in [0.717, 1.165) is 15.7 Å². The number of aromatic nitrogens is 2. The molecule has 1 aromatic heterocycles.